The summed E-state index contributed by atoms with van der Waals surface area (Å²) in [4.78, 5) is 4.59. The largest absolute Gasteiger partial charge is 0.504 e. The monoisotopic (exact) mass is 347 g/mol. The summed E-state index contributed by atoms with van der Waals surface area (Å²) in [6.07, 6.45) is 0.768. The summed E-state index contributed by atoms with van der Waals surface area (Å²) in [6.45, 7) is 0. The number of aliphatic hydroxyl groups is 1. The number of ether oxygens (including phenoxy) is 1. The zero-order valence-electron chi connectivity index (χ0n) is 14.5. The molecule has 0 saturated heterocycles. The maximum atomic E-state index is 10.9. The minimum atomic E-state index is -0.803. The number of hydrogen-bond donors (Lipinski definition) is 2. The van der Waals surface area contributed by atoms with Crippen molar-refractivity contribution in [3.05, 3.63) is 95.6 Å². The van der Waals surface area contributed by atoms with Crippen LogP contribution in [-0.4, -0.2) is 23.5 Å². The van der Waals surface area contributed by atoms with Gasteiger partial charge in [0.25, 0.3) is 0 Å². The Morgan fingerprint density at radius 1 is 0.846 bits per heavy atom. The Morgan fingerprint density at radius 3 is 2.08 bits per heavy atom. The van der Waals surface area contributed by atoms with Gasteiger partial charge in [-0.2, -0.15) is 0 Å². The van der Waals surface area contributed by atoms with Gasteiger partial charge in [-0.3, -0.25) is 4.99 Å². The quantitative estimate of drug-likeness (QED) is 0.654. The van der Waals surface area contributed by atoms with Crippen molar-refractivity contribution in [2.45, 2.75) is 12.1 Å². The molecule has 26 heavy (non-hydrogen) atoms. The van der Waals surface area contributed by atoms with Crippen LogP contribution in [0.5, 0.6) is 11.5 Å². The Kier molecular flexibility index (Phi) is 5.66. The molecular formula is C22H21NO3. The van der Waals surface area contributed by atoms with E-state index in [1.807, 2.05) is 60.7 Å². The van der Waals surface area contributed by atoms with Crippen molar-refractivity contribution in [1.29, 1.82) is 0 Å². The minimum Gasteiger partial charge on any atom is -0.504 e. The highest BCUT2D eigenvalue weighted by Crippen LogP contribution is 2.33. The fraction of sp³-hybridized carbons (Fsp3) is 0.136. The second-order valence-corrected chi connectivity index (χ2v) is 5.89. The molecule has 0 spiro atoms. The summed E-state index contributed by atoms with van der Waals surface area (Å²) in [6, 6.07) is 23.8. The molecule has 0 saturated carbocycles. The van der Waals surface area contributed by atoms with Crippen LogP contribution in [0, 0.1) is 0 Å². The van der Waals surface area contributed by atoms with Crippen LogP contribution in [0.2, 0.25) is 0 Å². The first-order valence-corrected chi connectivity index (χ1v) is 8.38. The van der Waals surface area contributed by atoms with E-state index in [0.29, 0.717) is 11.3 Å². The van der Waals surface area contributed by atoms with Crippen LogP contribution in [0.3, 0.4) is 0 Å². The van der Waals surface area contributed by atoms with Crippen LogP contribution >= 0.6 is 0 Å². The van der Waals surface area contributed by atoms with Crippen LogP contribution in [0.1, 0.15) is 28.8 Å². The van der Waals surface area contributed by atoms with Crippen LogP contribution in [-0.2, 0) is 0 Å². The molecular weight excluding hydrogens is 326 g/mol. The normalized spacial score (nSPS) is 13.5. The molecule has 132 valence electrons. The van der Waals surface area contributed by atoms with Gasteiger partial charge in [-0.1, -0.05) is 66.7 Å². The summed E-state index contributed by atoms with van der Waals surface area (Å²) in [5, 5.41) is 21.1. The Morgan fingerprint density at radius 2 is 1.46 bits per heavy atom. The van der Waals surface area contributed by atoms with Crippen LogP contribution < -0.4 is 4.74 Å². The maximum Gasteiger partial charge on any atom is 0.166 e. The van der Waals surface area contributed by atoms with E-state index in [4.69, 9.17) is 4.74 Å². The first kappa shape index (κ1) is 17.7. The highest BCUT2D eigenvalue weighted by molar-refractivity contribution is 5.85. The van der Waals surface area contributed by atoms with E-state index >= 15 is 0 Å². The van der Waals surface area contributed by atoms with Crippen molar-refractivity contribution in [2.24, 2.45) is 4.99 Å². The third-order valence-electron chi connectivity index (χ3n) is 4.21. The van der Waals surface area contributed by atoms with Crippen molar-refractivity contribution < 1.29 is 14.9 Å². The van der Waals surface area contributed by atoms with Gasteiger partial charge in [0.05, 0.1) is 7.11 Å². The topological polar surface area (TPSA) is 62.0 Å². The molecule has 0 aromatic heterocycles. The minimum absolute atomic E-state index is 0.0276. The van der Waals surface area contributed by atoms with Crippen LogP contribution in [0.4, 0.5) is 0 Å². The smallest absolute Gasteiger partial charge is 0.166 e. The number of methoxy groups -OCH3 is 1. The third kappa shape index (κ3) is 3.92. The zero-order chi connectivity index (χ0) is 18.4. The molecule has 0 amide bonds. The molecule has 3 rings (SSSR count). The average Bonchev–Trinajstić information content (AvgIpc) is 2.70. The van der Waals surface area contributed by atoms with Gasteiger partial charge in [0, 0.05) is 11.8 Å². The molecule has 4 nitrogen and oxygen atoms in total. The van der Waals surface area contributed by atoms with E-state index in [-0.39, 0.29) is 5.75 Å². The van der Waals surface area contributed by atoms with Gasteiger partial charge in [0.1, 0.15) is 12.1 Å². The number of aliphatic hydroxyl groups excluding tert-OH is 1. The number of para-hydroxylation sites is 1. The fourth-order valence-corrected chi connectivity index (χ4v) is 2.80. The Bertz CT molecular complexity index is 863. The number of phenolic OH excluding ortho intramolecular Hbond substituents is 1. The lowest BCUT2D eigenvalue weighted by molar-refractivity contribution is 0.148. The predicted octanol–water partition coefficient (Wildman–Crippen LogP) is 4.29. The molecule has 0 fully saturated rings. The number of rotatable bonds is 6. The van der Waals surface area contributed by atoms with Gasteiger partial charge < -0.3 is 14.9 Å². The Hall–Kier alpha value is -3.11. The van der Waals surface area contributed by atoms with E-state index in [0.717, 1.165) is 11.1 Å². The van der Waals surface area contributed by atoms with Gasteiger partial charge >= 0.3 is 0 Å². The lowest BCUT2D eigenvalue weighted by atomic mass is 9.96. The molecule has 4 heteroatoms. The number of aliphatic imine (C=N–C) groups is 1. The van der Waals surface area contributed by atoms with Crippen molar-refractivity contribution in [3.8, 4) is 11.5 Å². The van der Waals surface area contributed by atoms with E-state index in [9.17, 15) is 10.2 Å². The van der Waals surface area contributed by atoms with Gasteiger partial charge in [-0.05, 0) is 23.3 Å². The second kappa shape index (κ2) is 8.32. The van der Waals surface area contributed by atoms with Crippen molar-refractivity contribution in [3.63, 3.8) is 0 Å². The van der Waals surface area contributed by atoms with Gasteiger partial charge in [-0.15, -0.1) is 0 Å². The van der Waals surface area contributed by atoms with E-state index in [1.54, 1.807) is 24.4 Å². The highest BCUT2D eigenvalue weighted by Gasteiger charge is 2.21. The summed E-state index contributed by atoms with van der Waals surface area (Å²) >= 11 is 0. The molecule has 0 aliphatic carbocycles. The molecule has 3 aromatic carbocycles. The van der Waals surface area contributed by atoms with Gasteiger partial charge in [-0.25, -0.2) is 0 Å². The van der Waals surface area contributed by atoms with Crippen molar-refractivity contribution in [1.82, 2.24) is 0 Å². The summed E-state index contributed by atoms with van der Waals surface area (Å²) in [5.41, 5.74) is 2.21. The van der Waals surface area contributed by atoms with Crippen LogP contribution in [0.25, 0.3) is 0 Å². The molecule has 0 heterocycles. The molecule has 0 bridgehead atoms. The Balaban J connectivity index is 1.97. The standard InChI is InChI=1S/C22H21NO3/c1-26-19-14-8-13-18(21(19)24)15-23-20(16-9-4-2-5-10-16)22(25)17-11-6-3-7-12-17/h2-15,20,22,24-25H,1H3/t20-,22+/m1/s1. The predicted molar refractivity (Wildman–Crippen MR) is 103 cm³/mol. The van der Waals surface area contributed by atoms with Crippen molar-refractivity contribution >= 4 is 6.21 Å². The lowest BCUT2D eigenvalue weighted by Gasteiger charge is -2.20. The maximum absolute atomic E-state index is 10.9. The third-order valence-corrected chi connectivity index (χ3v) is 4.21. The lowest BCUT2D eigenvalue weighted by Crippen LogP contribution is -2.09. The SMILES string of the molecule is COc1cccc(C=N[C@H](c2ccccc2)[C@@H](O)c2ccccc2)c1O. The number of hydrogen-bond acceptors (Lipinski definition) is 4. The number of nitrogens with zero attached hydrogens (tertiary/aromatic N) is 1. The van der Waals surface area contributed by atoms with Gasteiger partial charge in [0.15, 0.2) is 11.5 Å². The number of aromatic hydroxyl groups is 1. The van der Waals surface area contributed by atoms with Crippen LogP contribution in [0.15, 0.2) is 83.9 Å². The average molecular weight is 347 g/mol. The van der Waals surface area contributed by atoms with E-state index < -0.39 is 12.1 Å². The number of benzene rings is 3. The number of phenols is 1. The summed E-state index contributed by atoms with van der Waals surface area (Å²) in [5.74, 6) is 0.411. The van der Waals surface area contributed by atoms with E-state index in [1.165, 1.54) is 7.11 Å². The molecule has 0 radical (unpaired) electrons. The molecule has 0 unspecified atom stereocenters. The van der Waals surface area contributed by atoms with Crippen molar-refractivity contribution in [2.75, 3.05) is 7.11 Å². The molecule has 0 aliphatic heterocycles. The fourth-order valence-electron chi connectivity index (χ4n) is 2.80. The van der Waals surface area contributed by atoms with Gasteiger partial charge in [0.2, 0.25) is 0 Å². The highest BCUT2D eigenvalue weighted by atomic mass is 16.5. The Labute approximate surface area is 153 Å². The molecule has 2 N–H and O–H groups in total. The zero-order valence-corrected chi connectivity index (χ0v) is 14.5. The molecule has 0 aliphatic rings. The summed E-state index contributed by atoms with van der Waals surface area (Å²) in [7, 11) is 1.50. The first-order valence-electron chi connectivity index (χ1n) is 8.38. The van der Waals surface area contributed by atoms with E-state index in [2.05, 4.69) is 4.99 Å². The first-order chi connectivity index (χ1) is 12.7. The second-order valence-electron chi connectivity index (χ2n) is 5.89. The molecule has 2 atom stereocenters. The summed E-state index contributed by atoms with van der Waals surface area (Å²) < 4.78 is 5.13. The molecule has 3 aromatic rings.